The highest BCUT2D eigenvalue weighted by molar-refractivity contribution is 5.82. The van der Waals surface area contributed by atoms with Crippen LogP contribution in [0.4, 0.5) is 0 Å². The fourth-order valence-electron chi connectivity index (χ4n) is 2.93. The molecule has 2 saturated heterocycles. The lowest BCUT2D eigenvalue weighted by atomic mass is 10.1. The molecule has 5 heteroatoms. The molecule has 22 heavy (non-hydrogen) atoms. The van der Waals surface area contributed by atoms with Gasteiger partial charge in [0.15, 0.2) is 6.29 Å². The first kappa shape index (κ1) is 17.3. The number of morpholine rings is 1. The maximum Gasteiger partial charge on any atom is 0.252 e. The van der Waals surface area contributed by atoms with E-state index in [1.165, 1.54) is 0 Å². The third-order valence-electron chi connectivity index (χ3n) is 4.28. The summed E-state index contributed by atoms with van der Waals surface area (Å²) < 4.78 is 17.0. The Balaban J connectivity index is 1.78. The molecule has 0 radical (unpaired) electrons. The first-order valence-electron chi connectivity index (χ1n) is 8.35. The molecular weight excluding hydrogens is 282 g/mol. The van der Waals surface area contributed by atoms with Crippen molar-refractivity contribution in [1.82, 2.24) is 4.90 Å². The second-order valence-corrected chi connectivity index (χ2v) is 5.83. The molecule has 124 valence electrons. The van der Waals surface area contributed by atoms with Gasteiger partial charge in [-0.3, -0.25) is 4.79 Å². The normalized spacial score (nSPS) is 29.4. The second kappa shape index (κ2) is 9.14. The molecule has 0 aromatic rings. The monoisotopic (exact) mass is 309 g/mol. The summed E-state index contributed by atoms with van der Waals surface area (Å²) in [4.78, 5) is 14.4. The lowest BCUT2D eigenvalue weighted by molar-refractivity contribution is -0.176. The zero-order valence-corrected chi connectivity index (χ0v) is 13.5. The van der Waals surface area contributed by atoms with E-state index in [1.54, 1.807) is 0 Å². The maximum absolute atomic E-state index is 12.5. The third kappa shape index (κ3) is 4.70. The minimum absolute atomic E-state index is 0.0431. The SMILES string of the molecule is C#CCCN1C(=O)C(CCOC2CCCCO2)OCC1CC. The molecule has 2 aliphatic rings. The van der Waals surface area contributed by atoms with Crippen LogP contribution in [0.25, 0.3) is 0 Å². The Bertz CT molecular complexity index is 387. The Hall–Kier alpha value is -1.09. The van der Waals surface area contributed by atoms with E-state index >= 15 is 0 Å². The molecule has 3 atom stereocenters. The van der Waals surface area contributed by atoms with Crippen molar-refractivity contribution in [2.45, 2.75) is 63.9 Å². The fourth-order valence-corrected chi connectivity index (χ4v) is 2.93. The molecule has 2 rings (SSSR count). The van der Waals surface area contributed by atoms with Crippen LogP contribution in [-0.2, 0) is 19.0 Å². The molecule has 0 bridgehead atoms. The summed E-state index contributed by atoms with van der Waals surface area (Å²) in [6.45, 7) is 4.51. The summed E-state index contributed by atoms with van der Waals surface area (Å²) in [7, 11) is 0. The van der Waals surface area contributed by atoms with Gasteiger partial charge in [0.05, 0.1) is 19.3 Å². The minimum Gasteiger partial charge on any atom is -0.366 e. The van der Waals surface area contributed by atoms with Gasteiger partial charge in [-0.2, -0.15) is 0 Å². The van der Waals surface area contributed by atoms with Crippen LogP contribution in [0.1, 0.15) is 45.4 Å². The Labute approximate surface area is 133 Å². The lowest BCUT2D eigenvalue weighted by Crippen LogP contribution is -2.54. The smallest absolute Gasteiger partial charge is 0.252 e. The highest BCUT2D eigenvalue weighted by Gasteiger charge is 2.34. The molecule has 0 aromatic carbocycles. The van der Waals surface area contributed by atoms with Crippen molar-refractivity contribution in [3.8, 4) is 12.3 Å². The van der Waals surface area contributed by atoms with Gasteiger partial charge in [0.2, 0.25) is 0 Å². The molecule has 0 spiro atoms. The molecule has 0 N–H and O–H groups in total. The van der Waals surface area contributed by atoms with E-state index in [9.17, 15) is 4.79 Å². The average Bonchev–Trinajstić information content (AvgIpc) is 2.56. The first-order valence-corrected chi connectivity index (χ1v) is 8.35. The maximum atomic E-state index is 12.5. The van der Waals surface area contributed by atoms with Gasteiger partial charge < -0.3 is 19.1 Å². The van der Waals surface area contributed by atoms with Gasteiger partial charge in [0.1, 0.15) is 6.10 Å². The molecule has 0 aliphatic carbocycles. The number of hydrogen-bond donors (Lipinski definition) is 0. The number of carbonyl (C=O) groups excluding carboxylic acids is 1. The van der Waals surface area contributed by atoms with Crippen molar-refractivity contribution in [1.29, 1.82) is 0 Å². The minimum atomic E-state index is -0.413. The summed E-state index contributed by atoms with van der Waals surface area (Å²) in [5, 5.41) is 0. The third-order valence-corrected chi connectivity index (χ3v) is 4.28. The fraction of sp³-hybridized carbons (Fsp3) is 0.824. The molecule has 0 aromatic heterocycles. The summed E-state index contributed by atoms with van der Waals surface area (Å²) >= 11 is 0. The van der Waals surface area contributed by atoms with Crippen molar-refractivity contribution < 1.29 is 19.0 Å². The summed E-state index contributed by atoms with van der Waals surface area (Å²) in [5.74, 6) is 2.65. The van der Waals surface area contributed by atoms with Gasteiger partial charge in [-0.05, 0) is 25.7 Å². The zero-order valence-electron chi connectivity index (χ0n) is 13.5. The number of rotatable bonds is 7. The predicted octanol–water partition coefficient (Wildman–Crippen LogP) is 1.95. The number of terminal acetylenes is 1. The molecule has 2 fully saturated rings. The number of ether oxygens (including phenoxy) is 3. The van der Waals surface area contributed by atoms with Crippen LogP contribution in [0, 0.1) is 12.3 Å². The second-order valence-electron chi connectivity index (χ2n) is 5.83. The van der Waals surface area contributed by atoms with Gasteiger partial charge in [0, 0.05) is 26.0 Å². The highest BCUT2D eigenvalue weighted by atomic mass is 16.7. The van der Waals surface area contributed by atoms with E-state index in [0.717, 1.165) is 32.3 Å². The van der Waals surface area contributed by atoms with Crippen LogP contribution in [0.5, 0.6) is 0 Å². The summed E-state index contributed by atoms with van der Waals surface area (Å²) in [6, 6.07) is 0.139. The molecule has 0 saturated carbocycles. The van der Waals surface area contributed by atoms with Crippen LogP contribution < -0.4 is 0 Å². The van der Waals surface area contributed by atoms with Crippen molar-refractivity contribution in [3.63, 3.8) is 0 Å². The molecular formula is C17H27NO4. The zero-order chi connectivity index (χ0) is 15.8. The van der Waals surface area contributed by atoms with Gasteiger partial charge in [-0.25, -0.2) is 0 Å². The molecule has 2 heterocycles. The number of hydrogen-bond acceptors (Lipinski definition) is 4. The van der Waals surface area contributed by atoms with Crippen molar-refractivity contribution >= 4 is 5.91 Å². The van der Waals surface area contributed by atoms with E-state index in [0.29, 0.717) is 32.6 Å². The number of nitrogens with zero attached hydrogens (tertiary/aromatic N) is 1. The van der Waals surface area contributed by atoms with Crippen molar-refractivity contribution in [2.24, 2.45) is 0 Å². The van der Waals surface area contributed by atoms with Crippen LogP contribution in [-0.4, -0.2) is 55.6 Å². The van der Waals surface area contributed by atoms with E-state index in [1.807, 2.05) is 4.90 Å². The molecule has 5 nitrogen and oxygen atoms in total. The van der Waals surface area contributed by atoms with Crippen LogP contribution in [0.15, 0.2) is 0 Å². The molecule has 2 aliphatic heterocycles. The number of carbonyl (C=O) groups is 1. The topological polar surface area (TPSA) is 48.0 Å². The van der Waals surface area contributed by atoms with E-state index in [-0.39, 0.29) is 18.2 Å². The largest absolute Gasteiger partial charge is 0.366 e. The lowest BCUT2D eigenvalue weighted by Gasteiger charge is -2.39. The Morgan fingerprint density at radius 1 is 1.41 bits per heavy atom. The van der Waals surface area contributed by atoms with Gasteiger partial charge >= 0.3 is 0 Å². The highest BCUT2D eigenvalue weighted by Crippen LogP contribution is 2.20. The van der Waals surface area contributed by atoms with E-state index in [2.05, 4.69) is 12.8 Å². The van der Waals surface area contributed by atoms with Gasteiger partial charge in [0.25, 0.3) is 5.91 Å². The van der Waals surface area contributed by atoms with Crippen LogP contribution >= 0.6 is 0 Å². The average molecular weight is 309 g/mol. The first-order chi connectivity index (χ1) is 10.8. The van der Waals surface area contributed by atoms with Gasteiger partial charge in [-0.15, -0.1) is 12.3 Å². The van der Waals surface area contributed by atoms with Crippen LogP contribution in [0.3, 0.4) is 0 Å². The van der Waals surface area contributed by atoms with Crippen molar-refractivity contribution in [2.75, 3.05) is 26.4 Å². The van der Waals surface area contributed by atoms with Gasteiger partial charge in [-0.1, -0.05) is 6.92 Å². The predicted molar refractivity (Wildman–Crippen MR) is 83.1 cm³/mol. The molecule has 1 amide bonds. The molecule has 3 unspecified atom stereocenters. The summed E-state index contributed by atoms with van der Waals surface area (Å²) in [5.41, 5.74) is 0. The Kier molecular flexibility index (Phi) is 7.17. The van der Waals surface area contributed by atoms with E-state index in [4.69, 9.17) is 20.6 Å². The van der Waals surface area contributed by atoms with Crippen LogP contribution in [0.2, 0.25) is 0 Å². The van der Waals surface area contributed by atoms with Crippen molar-refractivity contribution in [3.05, 3.63) is 0 Å². The standard InChI is InChI=1S/C17H27NO4/c1-3-5-10-18-14(4-2)13-22-15(17(18)19)9-12-21-16-8-6-7-11-20-16/h1,14-16H,4-13H2,2H3. The Morgan fingerprint density at radius 2 is 2.27 bits per heavy atom. The quantitative estimate of drug-likeness (QED) is 0.675. The number of amides is 1. The summed E-state index contributed by atoms with van der Waals surface area (Å²) in [6.07, 6.45) is 10.0. The van der Waals surface area contributed by atoms with E-state index < -0.39 is 6.10 Å². The Morgan fingerprint density at radius 3 is 2.95 bits per heavy atom.